The summed E-state index contributed by atoms with van der Waals surface area (Å²) in [5.74, 6) is -0.977. The molecule has 140 valence electrons. The van der Waals surface area contributed by atoms with Gasteiger partial charge in [-0.1, -0.05) is 24.3 Å². The molecule has 0 atom stereocenters. The van der Waals surface area contributed by atoms with Gasteiger partial charge in [-0.3, -0.25) is 9.59 Å². The second-order valence-corrected chi connectivity index (χ2v) is 6.30. The third-order valence-corrected chi connectivity index (χ3v) is 4.31. The fraction of sp³-hybridized carbons (Fsp3) is 0.105. The average Bonchev–Trinajstić information content (AvgIpc) is 3.07. The first-order valence-corrected chi connectivity index (χ1v) is 8.40. The molecule has 4 rings (SSSR count). The predicted molar refractivity (Wildman–Crippen MR) is 101 cm³/mol. The minimum atomic E-state index is -0.735. The minimum Gasteiger partial charge on any atom is -0.308 e. The zero-order valence-electron chi connectivity index (χ0n) is 15.0. The van der Waals surface area contributed by atoms with Crippen LogP contribution in [0.5, 0.6) is 0 Å². The van der Waals surface area contributed by atoms with Gasteiger partial charge in [-0.05, 0) is 41.3 Å². The Labute approximate surface area is 158 Å². The Hall–Kier alpha value is -3.88. The van der Waals surface area contributed by atoms with Crippen LogP contribution in [0.1, 0.15) is 15.9 Å². The quantitative estimate of drug-likeness (QED) is 0.570. The molecule has 2 aromatic carbocycles. The lowest BCUT2D eigenvalue weighted by Gasteiger charge is -2.08. The van der Waals surface area contributed by atoms with Crippen LogP contribution >= 0.6 is 0 Å². The molecule has 8 nitrogen and oxygen atoms in total. The molecule has 0 aliphatic rings. The summed E-state index contributed by atoms with van der Waals surface area (Å²) in [6.07, 6.45) is 0. The van der Waals surface area contributed by atoms with Crippen molar-refractivity contribution in [1.82, 2.24) is 25.2 Å². The number of hydrogen-bond donors (Lipinski definition) is 2. The number of benzene rings is 2. The van der Waals surface area contributed by atoms with Crippen molar-refractivity contribution >= 4 is 22.5 Å². The summed E-state index contributed by atoms with van der Waals surface area (Å²) in [6.45, 7) is 1.83. The van der Waals surface area contributed by atoms with Gasteiger partial charge in [-0.25, -0.2) is 4.39 Å². The van der Waals surface area contributed by atoms with E-state index in [2.05, 4.69) is 25.7 Å². The van der Waals surface area contributed by atoms with Crippen LogP contribution in [0.2, 0.25) is 0 Å². The maximum absolute atomic E-state index is 14.5. The third-order valence-electron chi connectivity index (χ3n) is 4.31. The van der Waals surface area contributed by atoms with Gasteiger partial charge in [-0.15, -0.1) is 10.2 Å². The van der Waals surface area contributed by atoms with Crippen LogP contribution in [-0.4, -0.2) is 31.1 Å². The van der Waals surface area contributed by atoms with Crippen molar-refractivity contribution < 1.29 is 9.18 Å². The lowest BCUT2D eigenvalue weighted by atomic mass is 10.1. The highest BCUT2D eigenvalue weighted by atomic mass is 19.1. The number of halogens is 1. The summed E-state index contributed by atoms with van der Waals surface area (Å²) in [5, 5.41) is 15.3. The molecule has 1 amide bonds. The fourth-order valence-electron chi connectivity index (χ4n) is 2.99. The monoisotopic (exact) mass is 378 g/mol. The molecular weight excluding hydrogens is 363 g/mol. The van der Waals surface area contributed by atoms with E-state index in [1.807, 2.05) is 19.1 Å². The highest BCUT2D eigenvalue weighted by Gasteiger charge is 2.16. The van der Waals surface area contributed by atoms with Gasteiger partial charge in [0.2, 0.25) is 5.82 Å². The number of carbonyl (C=O) groups is 1. The zero-order chi connectivity index (χ0) is 19.8. The summed E-state index contributed by atoms with van der Waals surface area (Å²) in [5.41, 5.74) is 0.737. The molecule has 0 fully saturated rings. The molecule has 0 saturated heterocycles. The summed E-state index contributed by atoms with van der Waals surface area (Å²) < 4.78 is 14.5. The number of nitrogens with zero attached hydrogens (tertiary/aromatic N) is 4. The summed E-state index contributed by atoms with van der Waals surface area (Å²) >= 11 is 0. The molecule has 0 saturated carbocycles. The molecule has 0 aliphatic heterocycles. The molecule has 28 heavy (non-hydrogen) atoms. The molecule has 9 heteroatoms. The highest BCUT2D eigenvalue weighted by molar-refractivity contribution is 6.05. The Kier molecular flexibility index (Phi) is 4.19. The van der Waals surface area contributed by atoms with Crippen molar-refractivity contribution in [2.45, 2.75) is 6.92 Å². The fourth-order valence-corrected chi connectivity index (χ4v) is 2.99. The van der Waals surface area contributed by atoms with E-state index >= 15 is 0 Å². The van der Waals surface area contributed by atoms with E-state index in [0.29, 0.717) is 16.3 Å². The Bertz CT molecular complexity index is 1280. The SMILES string of the molecule is Cc1cccc2cc(NC(=O)c3ccc(-c4nnn(C)n4)cc3F)[nH]c(=O)c12. The standard InChI is InChI=1S/C19H15FN6O2/c1-10-4-3-5-11-9-15(22-19(28)16(10)11)21-18(27)13-7-6-12(8-14(13)20)17-23-25-26(2)24-17/h3-9H,1-2H3,(H2,21,22,27,28). The van der Waals surface area contributed by atoms with Gasteiger partial charge in [-0.2, -0.15) is 4.80 Å². The van der Waals surface area contributed by atoms with Crippen LogP contribution < -0.4 is 10.9 Å². The number of aryl methyl sites for hydroxylation is 2. The number of H-pyrrole nitrogens is 1. The van der Waals surface area contributed by atoms with Crippen molar-refractivity contribution in [2.75, 3.05) is 5.32 Å². The Morgan fingerprint density at radius 2 is 2.04 bits per heavy atom. The minimum absolute atomic E-state index is 0.169. The number of rotatable bonds is 3. The molecule has 2 aromatic heterocycles. The number of amides is 1. The summed E-state index contributed by atoms with van der Waals surface area (Å²) in [7, 11) is 1.60. The van der Waals surface area contributed by atoms with Gasteiger partial charge >= 0.3 is 0 Å². The lowest BCUT2D eigenvalue weighted by Crippen LogP contribution is -2.18. The van der Waals surface area contributed by atoms with Crippen LogP contribution in [0.4, 0.5) is 10.2 Å². The van der Waals surface area contributed by atoms with Crippen LogP contribution in [0, 0.1) is 12.7 Å². The van der Waals surface area contributed by atoms with E-state index in [-0.39, 0.29) is 22.8 Å². The Morgan fingerprint density at radius 3 is 2.75 bits per heavy atom. The van der Waals surface area contributed by atoms with Crippen molar-refractivity contribution in [3.63, 3.8) is 0 Å². The maximum Gasteiger partial charge on any atom is 0.259 e. The number of pyridine rings is 1. The average molecular weight is 378 g/mol. The van der Waals surface area contributed by atoms with Crippen LogP contribution in [0.25, 0.3) is 22.2 Å². The van der Waals surface area contributed by atoms with Gasteiger partial charge in [0, 0.05) is 5.56 Å². The van der Waals surface area contributed by atoms with E-state index in [1.165, 1.54) is 23.0 Å². The number of hydrogen-bond acceptors (Lipinski definition) is 5. The molecule has 4 aromatic rings. The van der Waals surface area contributed by atoms with E-state index in [9.17, 15) is 14.0 Å². The van der Waals surface area contributed by atoms with Gasteiger partial charge < -0.3 is 10.3 Å². The first-order valence-electron chi connectivity index (χ1n) is 8.40. The topological polar surface area (TPSA) is 106 Å². The molecule has 2 heterocycles. The van der Waals surface area contributed by atoms with Crippen molar-refractivity contribution in [2.24, 2.45) is 7.05 Å². The Balaban J connectivity index is 1.64. The Morgan fingerprint density at radius 1 is 1.21 bits per heavy atom. The smallest absolute Gasteiger partial charge is 0.259 e. The highest BCUT2D eigenvalue weighted by Crippen LogP contribution is 2.20. The number of anilines is 1. The number of carbonyl (C=O) groups excluding carboxylic acids is 1. The molecule has 0 spiro atoms. The van der Waals surface area contributed by atoms with Gasteiger partial charge in [0.05, 0.1) is 18.0 Å². The van der Waals surface area contributed by atoms with Gasteiger partial charge in [0.25, 0.3) is 11.5 Å². The first-order chi connectivity index (χ1) is 13.4. The lowest BCUT2D eigenvalue weighted by molar-refractivity contribution is 0.102. The normalized spacial score (nSPS) is 11.0. The molecule has 0 bridgehead atoms. The van der Waals surface area contributed by atoms with Crippen molar-refractivity contribution in [3.05, 3.63) is 69.8 Å². The number of fused-ring (bicyclic) bond motifs is 1. The largest absolute Gasteiger partial charge is 0.308 e. The summed E-state index contributed by atoms with van der Waals surface area (Å²) in [4.78, 5) is 28.7. The van der Waals surface area contributed by atoms with Crippen LogP contribution in [0.3, 0.4) is 0 Å². The zero-order valence-corrected chi connectivity index (χ0v) is 15.0. The predicted octanol–water partition coefficient (Wildman–Crippen LogP) is 2.42. The van der Waals surface area contributed by atoms with Crippen LogP contribution in [-0.2, 0) is 7.05 Å². The van der Waals surface area contributed by atoms with Gasteiger partial charge in [0.1, 0.15) is 11.6 Å². The van der Waals surface area contributed by atoms with Crippen LogP contribution in [0.15, 0.2) is 47.3 Å². The number of aromatic nitrogens is 5. The molecule has 0 aliphatic carbocycles. The van der Waals surface area contributed by atoms with Crippen molar-refractivity contribution in [1.29, 1.82) is 0 Å². The number of tetrazole rings is 1. The second-order valence-electron chi connectivity index (χ2n) is 6.30. The van der Waals surface area contributed by atoms with E-state index < -0.39 is 11.7 Å². The van der Waals surface area contributed by atoms with E-state index in [4.69, 9.17) is 0 Å². The number of nitrogens with one attached hydrogen (secondary N) is 2. The number of aromatic amines is 1. The van der Waals surface area contributed by atoms with E-state index in [0.717, 1.165) is 5.56 Å². The first kappa shape index (κ1) is 17.5. The molecule has 2 N–H and O–H groups in total. The second kappa shape index (κ2) is 6.69. The summed E-state index contributed by atoms with van der Waals surface area (Å²) in [6, 6.07) is 11.1. The van der Waals surface area contributed by atoms with Gasteiger partial charge in [0.15, 0.2) is 0 Å². The molecule has 0 unspecified atom stereocenters. The third kappa shape index (κ3) is 3.13. The molecular formula is C19H15FN6O2. The van der Waals surface area contributed by atoms with E-state index in [1.54, 1.807) is 19.2 Å². The maximum atomic E-state index is 14.5. The molecule has 0 radical (unpaired) electrons. The van der Waals surface area contributed by atoms with Crippen molar-refractivity contribution in [3.8, 4) is 11.4 Å².